The van der Waals surface area contributed by atoms with Gasteiger partial charge in [0.2, 0.25) is 0 Å². The maximum Gasteiger partial charge on any atom is -0.0260 e. The summed E-state index contributed by atoms with van der Waals surface area (Å²) in [7, 11) is 0. The lowest BCUT2D eigenvalue weighted by Crippen LogP contribution is -1.86. The van der Waals surface area contributed by atoms with Crippen LogP contribution in [0.15, 0.2) is 61.7 Å². The molecule has 2 aromatic rings. The van der Waals surface area contributed by atoms with Crippen molar-refractivity contribution in [3.05, 3.63) is 83.9 Å². The third-order valence-electron chi connectivity index (χ3n) is 4.54. The fraction of sp³-hybridized carbons (Fsp3) is 0.385. The highest BCUT2D eigenvalue weighted by atomic mass is 14.0. The minimum atomic E-state index is 1.20. The van der Waals surface area contributed by atoms with E-state index >= 15 is 0 Å². The molecule has 0 heterocycles. The summed E-state index contributed by atoms with van der Waals surface area (Å²) in [4.78, 5) is 0. The SMILES string of the molecule is C=Cc1ccc(CCCC)cc1.C=Cc1cccc(CCCCCC)c1. The van der Waals surface area contributed by atoms with Crippen molar-refractivity contribution in [3.63, 3.8) is 0 Å². The van der Waals surface area contributed by atoms with Crippen molar-refractivity contribution >= 4 is 12.2 Å². The Kier molecular flexibility index (Phi) is 11.9. The quantitative estimate of drug-likeness (QED) is 0.380. The van der Waals surface area contributed by atoms with Gasteiger partial charge < -0.3 is 0 Å². The van der Waals surface area contributed by atoms with Gasteiger partial charge in [0.25, 0.3) is 0 Å². The minimum Gasteiger partial charge on any atom is -0.0985 e. The molecule has 140 valence electrons. The zero-order valence-electron chi connectivity index (χ0n) is 16.8. The molecule has 0 aliphatic heterocycles. The molecule has 2 aromatic carbocycles. The van der Waals surface area contributed by atoms with Gasteiger partial charge >= 0.3 is 0 Å². The second-order valence-corrected chi connectivity index (χ2v) is 6.81. The Morgan fingerprint density at radius 1 is 0.654 bits per heavy atom. The number of rotatable bonds is 10. The van der Waals surface area contributed by atoms with E-state index in [0.717, 1.165) is 0 Å². The van der Waals surface area contributed by atoms with E-state index < -0.39 is 0 Å². The third kappa shape index (κ3) is 9.42. The van der Waals surface area contributed by atoms with E-state index in [1.165, 1.54) is 73.6 Å². The maximum atomic E-state index is 3.78. The number of benzene rings is 2. The van der Waals surface area contributed by atoms with Gasteiger partial charge in [0, 0.05) is 0 Å². The Morgan fingerprint density at radius 3 is 1.92 bits per heavy atom. The molecule has 0 spiro atoms. The molecule has 0 N–H and O–H groups in total. The average Bonchev–Trinajstić information content (AvgIpc) is 2.70. The fourth-order valence-corrected chi connectivity index (χ4v) is 2.83. The van der Waals surface area contributed by atoms with Gasteiger partial charge in [0.15, 0.2) is 0 Å². The van der Waals surface area contributed by atoms with E-state index in [2.05, 4.69) is 75.5 Å². The van der Waals surface area contributed by atoms with Crippen molar-refractivity contribution in [1.29, 1.82) is 0 Å². The van der Waals surface area contributed by atoms with Crippen LogP contribution < -0.4 is 0 Å². The summed E-state index contributed by atoms with van der Waals surface area (Å²) in [5.74, 6) is 0. The Morgan fingerprint density at radius 2 is 1.31 bits per heavy atom. The van der Waals surface area contributed by atoms with Crippen LogP contribution in [0.1, 0.15) is 74.6 Å². The van der Waals surface area contributed by atoms with Crippen molar-refractivity contribution in [1.82, 2.24) is 0 Å². The lowest BCUT2D eigenvalue weighted by molar-refractivity contribution is 0.667. The molecule has 2 rings (SSSR count). The molecule has 0 amide bonds. The van der Waals surface area contributed by atoms with Crippen molar-refractivity contribution in [3.8, 4) is 0 Å². The molecule has 0 radical (unpaired) electrons. The van der Waals surface area contributed by atoms with E-state index in [-0.39, 0.29) is 0 Å². The molecule has 0 atom stereocenters. The summed E-state index contributed by atoms with van der Waals surface area (Å²) in [6.07, 6.45) is 14.1. The summed E-state index contributed by atoms with van der Waals surface area (Å²) >= 11 is 0. The molecule has 0 bridgehead atoms. The van der Waals surface area contributed by atoms with E-state index in [0.29, 0.717) is 0 Å². The molecule has 0 nitrogen and oxygen atoms in total. The van der Waals surface area contributed by atoms with Gasteiger partial charge in [-0.1, -0.05) is 113 Å². The highest BCUT2D eigenvalue weighted by Crippen LogP contribution is 2.11. The van der Waals surface area contributed by atoms with Crippen LogP contribution in [-0.4, -0.2) is 0 Å². The van der Waals surface area contributed by atoms with Gasteiger partial charge in [-0.25, -0.2) is 0 Å². The molecular weight excluding hydrogens is 312 g/mol. The fourth-order valence-electron chi connectivity index (χ4n) is 2.83. The summed E-state index contributed by atoms with van der Waals surface area (Å²) in [6, 6.07) is 17.3. The van der Waals surface area contributed by atoms with E-state index in [4.69, 9.17) is 0 Å². The highest BCUT2D eigenvalue weighted by Gasteiger charge is 1.94. The van der Waals surface area contributed by atoms with E-state index in [1.807, 2.05) is 12.2 Å². The monoisotopic (exact) mass is 348 g/mol. The maximum absolute atomic E-state index is 3.78. The number of hydrogen-bond donors (Lipinski definition) is 0. The standard InChI is InChI=1S/C14H20.C12H16/c1-3-5-6-7-9-14-11-8-10-13(4-2)12-14;1-3-5-6-12-9-7-11(4-2)8-10-12/h4,8,10-12H,2-3,5-7,9H2,1H3;4,7-10H,2-3,5-6H2,1H3. The van der Waals surface area contributed by atoms with Crippen LogP contribution >= 0.6 is 0 Å². The van der Waals surface area contributed by atoms with Crippen molar-refractivity contribution < 1.29 is 0 Å². The molecule has 0 aliphatic carbocycles. The van der Waals surface area contributed by atoms with Crippen LogP contribution in [0.4, 0.5) is 0 Å². The van der Waals surface area contributed by atoms with Crippen LogP contribution in [0, 0.1) is 0 Å². The van der Waals surface area contributed by atoms with Crippen LogP contribution in [-0.2, 0) is 12.8 Å². The Hall–Kier alpha value is -2.08. The first-order valence-corrected chi connectivity index (χ1v) is 10.2. The summed E-state index contributed by atoms with van der Waals surface area (Å²) in [6.45, 7) is 12.0. The van der Waals surface area contributed by atoms with Crippen molar-refractivity contribution in [2.75, 3.05) is 0 Å². The third-order valence-corrected chi connectivity index (χ3v) is 4.54. The largest absolute Gasteiger partial charge is 0.0985 e. The van der Waals surface area contributed by atoms with Gasteiger partial charge in [0.05, 0.1) is 0 Å². The molecule has 0 heteroatoms. The van der Waals surface area contributed by atoms with Crippen molar-refractivity contribution in [2.45, 2.75) is 65.2 Å². The van der Waals surface area contributed by atoms with Crippen LogP contribution in [0.3, 0.4) is 0 Å². The smallest absolute Gasteiger partial charge is 0.0260 e. The van der Waals surface area contributed by atoms with Gasteiger partial charge in [-0.05, 0) is 47.9 Å². The average molecular weight is 349 g/mol. The number of unbranched alkanes of at least 4 members (excludes halogenated alkanes) is 4. The van der Waals surface area contributed by atoms with Gasteiger partial charge in [-0.3, -0.25) is 0 Å². The first-order valence-electron chi connectivity index (χ1n) is 10.2. The summed E-state index contributed by atoms with van der Waals surface area (Å²) in [5, 5.41) is 0. The zero-order chi connectivity index (χ0) is 19.0. The van der Waals surface area contributed by atoms with Gasteiger partial charge in [-0.2, -0.15) is 0 Å². The predicted molar refractivity (Wildman–Crippen MR) is 120 cm³/mol. The Bertz CT molecular complexity index is 619. The summed E-state index contributed by atoms with van der Waals surface area (Å²) < 4.78 is 0. The second kappa shape index (κ2) is 14.1. The molecule has 0 unspecified atom stereocenters. The summed E-state index contributed by atoms with van der Waals surface area (Å²) in [5.41, 5.74) is 5.31. The first-order chi connectivity index (χ1) is 12.7. The molecule has 0 aliphatic rings. The Balaban J connectivity index is 0.000000263. The molecule has 0 aromatic heterocycles. The van der Waals surface area contributed by atoms with Crippen LogP contribution in [0.5, 0.6) is 0 Å². The topological polar surface area (TPSA) is 0 Å². The predicted octanol–water partition coefficient (Wildman–Crippen LogP) is 8.12. The van der Waals surface area contributed by atoms with E-state index in [9.17, 15) is 0 Å². The molecule has 0 fully saturated rings. The molecule has 0 saturated carbocycles. The molecular formula is C26H36. The van der Waals surface area contributed by atoms with E-state index in [1.54, 1.807) is 0 Å². The first kappa shape index (κ1) is 22.0. The number of aryl methyl sites for hydroxylation is 2. The zero-order valence-corrected chi connectivity index (χ0v) is 16.8. The minimum absolute atomic E-state index is 1.20. The molecule has 0 saturated heterocycles. The molecule has 26 heavy (non-hydrogen) atoms. The van der Waals surface area contributed by atoms with Crippen molar-refractivity contribution in [2.24, 2.45) is 0 Å². The van der Waals surface area contributed by atoms with Gasteiger partial charge in [-0.15, -0.1) is 0 Å². The lowest BCUT2D eigenvalue weighted by Gasteiger charge is -2.02. The number of hydrogen-bond acceptors (Lipinski definition) is 0. The van der Waals surface area contributed by atoms with Crippen LogP contribution in [0.2, 0.25) is 0 Å². The lowest BCUT2D eigenvalue weighted by atomic mass is 10.0. The second-order valence-electron chi connectivity index (χ2n) is 6.81. The van der Waals surface area contributed by atoms with Gasteiger partial charge in [0.1, 0.15) is 0 Å². The Labute approximate surface area is 161 Å². The normalized spacial score (nSPS) is 9.92. The highest BCUT2D eigenvalue weighted by molar-refractivity contribution is 5.48. The van der Waals surface area contributed by atoms with Crippen LogP contribution in [0.25, 0.3) is 12.2 Å².